The molecule has 250 valence electrons. The first-order valence-electron chi connectivity index (χ1n) is 15.8. The van der Waals surface area contributed by atoms with Crippen LogP contribution in [-0.2, 0) is 21.9 Å². The van der Waals surface area contributed by atoms with Gasteiger partial charge >= 0.3 is 5.91 Å². The Morgan fingerprint density at radius 2 is 1.64 bits per heavy atom. The van der Waals surface area contributed by atoms with Gasteiger partial charge in [-0.25, -0.2) is 4.39 Å². The van der Waals surface area contributed by atoms with Crippen molar-refractivity contribution in [1.82, 2.24) is 10.2 Å². The summed E-state index contributed by atoms with van der Waals surface area (Å²) in [6.45, 7) is 2.47. The normalized spacial score (nSPS) is 15.5. The summed E-state index contributed by atoms with van der Waals surface area (Å²) in [5.74, 6) is -1.23. The molecule has 8 nitrogen and oxygen atoms in total. The van der Waals surface area contributed by atoms with Gasteiger partial charge in [-0.05, 0) is 70.8 Å². The predicted molar refractivity (Wildman–Crippen MR) is 193 cm³/mol. The van der Waals surface area contributed by atoms with Crippen LogP contribution in [0.3, 0.4) is 0 Å². The SMILES string of the molecule is CCOc1cc(C2C(=C(O)c3ccc(F)cc3)C(=O)C(=O)N2c2nnc(SCc3cccc4ccccc34)s2)ccc1OCc1ccccc1. The van der Waals surface area contributed by atoms with E-state index in [0.717, 1.165) is 21.9 Å². The van der Waals surface area contributed by atoms with Gasteiger partial charge in [0.05, 0.1) is 18.2 Å². The van der Waals surface area contributed by atoms with E-state index in [4.69, 9.17) is 9.47 Å². The van der Waals surface area contributed by atoms with E-state index in [-0.39, 0.29) is 16.3 Å². The van der Waals surface area contributed by atoms with Crippen molar-refractivity contribution < 1.29 is 28.6 Å². The summed E-state index contributed by atoms with van der Waals surface area (Å²) in [6, 6.07) is 33.1. The van der Waals surface area contributed by atoms with Crippen LogP contribution in [0.25, 0.3) is 16.5 Å². The second-order valence-corrected chi connectivity index (χ2v) is 13.5. The van der Waals surface area contributed by atoms with Gasteiger partial charge in [-0.3, -0.25) is 14.5 Å². The Balaban J connectivity index is 1.26. The zero-order valence-corrected chi connectivity index (χ0v) is 28.4. The van der Waals surface area contributed by atoms with Crippen LogP contribution < -0.4 is 14.4 Å². The highest BCUT2D eigenvalue weighted by molar-refractivity contribution is 8.00. The van der Waals surface area contributed by atoms with Crippen LogP contribution >= 0.6 is 23.1 Å². The van der Waals surface area contributed by atoms with Gasteiger partial charge < -0.3 is 14.6 Å². The maximum Gasteiger partial charge on any atom is 0.301 e. The van der Waals surface area contributed by atoms with Crippen LogP contribution in [0.4, 0.5) is 9.52 Å². The Morgan fingerprint density at radius 3 is 2.44 bits per heavy atom. The minimum atomic E-state index is -1.09. The number of aliphatic hydroxyl groups is 1. The highest BCUT2D eigenvalue weighted by Crippen LogP contribution is 2.46. The molecular formula is C39H30FN3O5S2. The number of aliphatic hydroxyl groups excluding tert-OH is 1. The summed E-state index contributed by atoms with van der Waals surface area (Å²) < 4.78 is 26.5. The number of thioether (sulfide) groups is 1. The number of ether oxygens (including phenoxy) is 2. The van der Waals surface area contributed by atoms with E-state index in [0.29, 0.717) is 40.4 Å². The van der Waals surface area contributed by atoms with Crippen LogP contribution in [0.2, 0.25) is 0 Å². The molecule has 0 bridgehead atoms. The van der Waals surface area contributed by atoms with Gasteiger partial charge in [-0.15, -0.1) is 10.2 Å². The molecule has 0 radical (unpaired) electrons. The Labute approximate surface area is 295 Å². The standard InChI is InChI=1S/C39H30FN3O5S2/c1-2-47-32-21-27(17-20-31(32)48-22-24-9-4-3-5-10-24)34-33(35(44)26-15-18-29(40)19-16-26)36(45)37(46)43(34)38-41-42-39(50-38)49-23-28-13-8-12-25-11-6-7-14-30(25)28/h3-21,34,44H,2,22-23H2,1H3. The molecule has 1 aliphatic rings. The number of nitrogens with zero attached hydrogens (tertiary/aromatic N) is 3. The van der Waals surface area contributed by atoms with Crippen molar-refractivity contribution in [3.8, 4) is 11.5 Å². The van der Waals surface area contributed by atoms with Gasteiger partial charge in [0.15, 0.2) is 15.8 Å². The van der Waals surface area contributed by atoms with Crippen LogP contribution in [0.1, 0.15) is 35.2 Å². The molecule has 1 atom stereocenters. The average molecular weight is 704 g/mol. The lowest BCUT2D eigenvalue weighted by Crippen LogP contribution is -2.29. The molecule has 1 N–H and O–H groups in total. The highest BCUT2D eigenvalue weighted by atomic mass is 32.2. The number of amides is 1. The van der Waals surface area contributed by atoms with E-state index in [1.54, 1.807) is 18.2 Å². The molecule has 50 heavy (non-hydrogen) atoms. The summed E-state index contributed by atoms with van der Waals surface area (Å²) in [6.07, 6.45) is 0. The molecule has 1 aliphatic heterocycles. The first-order valence-corrected chi connectivity index (χ1v) is 17.6. The maximum absolute atomic E-state index is 13.8. The monoisotopic (exact) mass is 703 g/mol. The molecule has 0 aliphatic carbocycles. The molecule has 1 amide bonds. The molecule has 1 fully saturated rings. The lowest BCUT2D eigenvalue weighted by atomic mass is 9.95. The third kappa shape index (κ3) is 6.70. The van der Waals surface area contributed by atoms with Crippen molar-refractivity contribution >= 4 is 56.5 Å². The molecule has 5 aromatic carbocycles. The third-order valence-corrected chi connectivity index (χ3v) is 10.3. The van der Waals surface area contributed by atoms with Gasteiger partial charge in [-0.1, -0.05) is 102 Å². The molecule has 0 saturated carbocycles. The van der Waals surface area contributed by atoms with Gasteiger partial charge in [0.2, 0.25) is 5.13 Å². The molecule has 11 heteroatoms. The number of carbonyl (C=O) groups excluding carboxylic acids is 2. The molecular weight excluding hydrogens is 674 g/mol. The summed E-state index contributed by atoms with van der Waals surface area (Å²) in [4.78, 5) is 28.8. The van der Waals surface area contributed by atoms with Gasteiger partial charge in [0.1, 0.15) is 18.2 Å². The van der Waals surface area contributed by atoms with Gasteiger partial charge in [0.25, 0.3) is 5.78 Å². The number of hydrogen-bond donors (Lipinski definition) is 1. The van der Waals surface area contributed by atoms with Crippen molar-refractivity contribution in [3.05, 3.63) is 149 Å². The molecule has 1 aromatic heterocycles. The van der Waals surface area contributed by atoms with E-state index >= 15 is 0 Å². The van der Waals surface area contributed by atoms with E-state index in [2.05, 4.69) is 34.5 Å². The number of halogens is 1. The lowest BCUT2D eigenvalue weighted by molar-refractivity contribution is -0.132. The Morgan fingerprint density at radius 1 is 0.880 bits per heavy atom. The van der Waals surface area contributed by atoms with Crippen LogP contribution in [0.5, 0.6) is 11.5 Å². The minimum Gasteiger partial charge on any atom is -0.507 e. The number of rotatable bonds is 11. The van der Waals surface area contributed by atoms with Crippen molar-refractivity contribution in [2.45, 2.75) is 29.7 Å². The van der Waals surface area contributed by atoms with Crippen LogP contribution in [-0.4, -0.2) is 33.6 Å². The van der Waals surface area contributed by atoms with Crippen LogP contribution in [0.15, 0.2) is 125 Å². The summed E-state index contributed by atoms with van der Waals surface area (Å²) in [5, 5.41) is 22.7. The van der Waals surface area contributed by atoms with E-state index < -0.39 is 29.3 Å². The topological polar surface area (TPSA) is 102 Å². The molecule has 7 rings (SSSR count). The summed E-state index contributed by atoms with van der Waals surface area (Å²) in [5.41, 5.74) is 2.59. The van der Waals surface area contributed by atoms with E-state index in [9.17, 15) is 19.1 Å². The van der Waals surface area contributed by atoms with Gasteiger partial charge in [0, 0.05) is 11.3 Å². The first-order chi connectivity index (χ1) is 24.4. The Bertz CT molecular complexity index is 2220. The minimum absolute atomic E-state index is 0.165. The molecule has 0 spiro atoms. The van der Waals surface area contributed by atoms with E-state index in [1.165, 1.54) is 52.3 Å². The maximum atomic E-state index is 13.8. The quantitative estimate of drug-likeness (QED) is 0.0470. The van der Waals surface area contributed by atoms with Crippen molar-refractivity contribution in [2.24, 2.45) is 0 Å². The summed E-state index contributed by atoms with van der Waals surface area (Å²) in [7, 11) is 0. The number of benzene rings is 5. The second-order valence-electron chi connectivity index (χ2n) is 11.4. The largest absolute Gasteiger partial charge is 0.507 e. The fraction of sp³-hybridized carbons (Fsp3) is 0.128. The van der Waals surface area contributed by atoms with Crippen molar-refractivity contribution in [1.29, 1.82) is 0 Å². The third-order valence-electron chi connectivity index (χ3n) is 8.22. The summed E-state index contributed by atoms with van der Waals surface area (Å²) >= 11 is 2.65. The highest BCUT2D eigenvalue weighted by Gasteiger charge is 2.48. The fourth-order valence-corrected chi connectivity index (χ4v) is 7.71. The zero-order valence-electron chi connectivity index (χ0n) is 26.8. The van der Waals surface area contributed by atoms with E-state index in [1.807, 2.05) is 55.5 Å². The predicted octanol–water partition coefficient (Wildman–Crippen LogP) is 8.73. The number of anilines is 1. The smallest absolute Gasteiger partial charge is 0.301 e. The average Bonchev–Trinajstić information content (AvgIpc) is 3.72. The first kappa shape index (κ1) is 33.0. The Hall–Kier alpha value is -5.52. The van der Waals surface area contributed by atoms with Crippen molar-refractivity contribution in [3.63, 3.8) is 0 Å². The Kier molecular flexibility index (Phi) is 9.59. The number of Topliss-reactive ketones (excluding diaryl/α,β-unsaturated/α-hetero) is 1. The zero-order chi connectivity index (χ0) is 34.6. The number of hydrogen-bond acceptors (Lipinski definition) is 9. The number of ketones is 1. The molecule has 1 saturated heterocycles. The second kappa shape index (κ2) is 14.5. The molecule has 1 unspecified atom stereocenters. The number of aromatic nitrogens is 2. The van der Waals surface area contributed by atoms with Crippen LogP contribution in [0, 0.1) is 5.82 Å². The lowest BCUT2D eigenvalue weighted by Gasteiger charge is -2.23. The molecule has 6 aromatic rings. The number of carbonyl (C=O) groups is 2. The number of fused-ring (bicyclic) bond motifs is 1. The molecule has 2 heterocycles. The van der Waals surface area contributed by atoms with Gasteiger partial charge in [-0.2, -0.15) is 0 Å². The van der Waals surface area contributed by atoms with Crippen molar-refractivity contribution in [2.75, 3.05) is 11.5 Å². The fourth-order valence-electron chi connectivity index (χ4n) is 5.84.